The minimum Gasteiger partial charge on any atom is -0.320 e. The van der Waals surface area contributed by atoms with E-state index in [1.165, 1.54) is 0 Å². The topological polar surface area (TPSA) is 80.9 Å². The van der Waals surface area contributed by atoms with E-state index in [4.69, 9.17) is 5.73 Å². The van der Waals surface area contributed by atoms with Gasteiger partial charge in [-0.25, -0.2) is 4.98 Å². The number of nitrogens with zero attached hydrogens (tertiary/aromatic N) is 2. The van der Waals surface area contributed by atoms with Crippen molar-refractivity contribution in [3.05, 3.63) is 54.0 Å². The molecule has 2 heterocycles. The van der Waals surface area contributed by atoms with Crippen LogP contribution in [-0.4, -0.2) is 21.9 Å². The van der Waals surface area contributed by atoms with E-state index in [1.54, 1.807) is 37.5 Å². The molecule has 0 aliphatic rings. The first-order valence-electron chi connectivity index (χ1n) is 6.11. The van der Waals surface area contributed by atoms with Gasteiger partial charge in [0.2, 0.25) is 5.91 Å². The SMILES string of the molecule is CC(N)C(=O)Nc1cccc(C#Cc2cccnc2)n1. The maximum atomic E-state index is 11.5. The van der Waals surface area contributed by atoms with Crippen LogP contribution >= 0.6 is 0 Å². The average Bonchev–Trinajstić information content (AvgIpc) is 2.46. The van der Waals surface area contributed by atoms with E-state index >= 15 is 0 Å². The zero-order chi connectivity index (χ0) is 14.4. The highest BCUT2D eigenvalue weighted by molar-refractivity contribution is 5.93. The molecule has 2 rings (SSSR count). The van der Waals surface area contributed by atoms with Crippen LogP contribution < -0.4 is 11.1 Å². The molecule has 0 aliphatic carbocycles. The second-order valence-corrected chi connectivity index (χ2v) is 4.18. The molecule has 100 valence electrons. The second kappa shape index (κ2) is 6.45. The van der Waals surface area contributed by atoms with Gasteiger partial charge in [-0.1, -0.05) is 12.0 Å². The lowest BCUT2D eigenvalue weighted by Crippen LogP contribution is -2.32. The Bertz CT molecular complexity index is 656. The average molecular weight is 266 g/mol. The van der Waals surface area contributed by atoms with Gasteiger partial charge in [-0.2, -0.15) is 0 Å². The van der Waals surface area contributed by atoms with Crippen molar-refractivity contribution in [2.24, 2.45) is 5.73 Å². The van der Waals surface area contributed by atoms with Crippen LogP contribution in [0.4, 0.5) is 5.82 Å². The molecule has 0 spiro atoms. The van der Waals surface area contributed by atoms with Gasteiger partial charge in [0.15, 0.2) is 0 Å². The van der Waals surface area contributed by atoms with Gasteiger partial charge in [0.1, 0.15) is 11.5 Å². The molecule has 2 aromatic heterocycles. The summed E-state index contributed by atoms with van der Waals surface area (Å²) in [5.74, 6) is 6.02. The van der Waals surface area contributed by atoms with Crippen molar-refractivity contribution in [1.29, 1.82) is 0 Å². The van der Waals surface area contributed by atoms with Gasteiger partial charge in [0.25, 0.3) is 0 Å². The number of rotatable bonds is 2. The Morgan fingerprint density at radius 1 is 1.30 bits per heavy atom. The summed E-state index contributed by atoms with van der Waals surface area (Å²) in [6.45, 7) is 1.61. The van der Waals surface area contributed by atoms with Gasteiger partial charge >= 0.3 is 0 Å². The fraction of sp³-hybridized carbons (Fsp3) is 0.133. The molecule has 3 N–H and O–H groups in total. The standard InChI is InChI=1S/C15H14N4O/c1-11(16)15(20)19-14-6-2-5-13(18-14)8-7-12-4-3-9-17-10-12/h2-6,9-11H,16H2,1H3,(H,18,19,20). The number of nitrogens with one attached hydrogen (secondary N) is 1. The van der Waals surface area contributed by atoms with Gasteiger partial charge in [-0.3, -0.25) is 9.78 Å². The number of nitrogens with two attached hydrogens (primary N) is 1. The van der Waals surface area contributed by atoms with Gasteiger partial charge in [0.05, 0.1) is 6.04 Å². The number of carbonyl (C=O) groups excluding carboxylic acids is 1. The Labute approximate surface area is 117 Å². The van der Waals surface area contributed by atoms with Crippen molar-refractivity contribution >= 4 is 11.7 Å². The summed E-state index contributed by atoms with van der Waals surface area (Å²) in [5.41, 5.74) is 6.85. The van der Waals surface area contributed by atoms with Crippen molar-refractivity contribution in [3.63, 3.8) is 0 Å². The molecule has 1 unspecified atom stereocenters. The lowest BCUT2D eigenvalue weighted by atomic mass is 10.2. The zero-order valence-electron chi connectivity index (χ0n) is 11.0. The third-order valence-corrected chi connectivity index (χ3v) is 2.41. The Balaban J connectivity index is 2.15. The molecule has 1 atom stereocenters. The molecule has 20 heavy (non-hydrogen) atoms. The number of carbonyl (C=O) groups is 1. The minimum atomic E-state index is -0.582. The van der Waals surface area contributed by atoms with E-state index in [0.29, 0.717) is 11.5 Å². The number of aromatic nitrogens is 2. The lowest BCUT2D eigenvalue weighted by Gasteiger charge is -2.06. The Morgan fingerprint density at radius 2 is 2.15 bits per heavy atom. The zero-order valence-corrected chi connectivity index (χ0v) is 11.0. The minimum absolute atomic E-state index is 0.283. The van der Waals surface area contributed by atoms with Crippen molar-refractivity contribution < 1.29 is 4.79 Å². The van der Waals surface area contributed by atoms with Gasteiger partial charge in [-0.05, 0) is 37.1 Å². The molecule has 2 aromatic rings. The third kappa shape index (κ3) is 3.90. The summed E-state index contributed by atoms with van der Waals surface area (Å²) < 4.78 is 0. The van der Waals surface area contributed by atoms with Gasteiger partial charge in [-0.15, -0.1) is 0 Å². The summed E-state index contributed by atoms with van der Waals surface area (Å²) in [7, 11) is 0. The maximum absolute atomic E-state index is 11.5. The fourth-order valence-electron chi connectivity index (χ4n) is 1.39. The molecule has 0 fully saturated rings. The number of hydrogen-bond donors (Lipinski definition) is 2. The van der Waals surface area contributed by atoms with Crippen LogP contribution in [0.1, 0.15) is 18.2 Å². The molecule has 0 aromatic carbocycles. The molecule has 5 heteroatoms. The quantitative estimate of drug-likeness (QED) is 0.799. The molecule has 0 radical (unpaired) electrons. The van der Waals surface area contributed by atoms with E-state index in [-0.39, 0.29) is 5.91 Å². The molecule has 0 saturated carbocycles. The number of amides is 1. The third-order valence-electron chi connectivity index (χ3n) is 2.41. The molecule has 0 saturated heterocycles. The van der Waals surface area contributed by atoms with Crippen LogP contribution in [0.15, 0.2) is 42.7 Å². The summed E-state index contributed by atoms with van der Waals surface area (Å²) in [4.78, 5) is 19.7. The predicted molar refractivity (Wildman–Crippen MR) is 76.7 cm³/mol. The van der Waals surface area contributed by atoms with E-state index in [2.05, 4.69) is 27.1 Å². The normalized spacial score (nSPS) is 11.1. The summed E-state index contributed by atoms with van der Waals surface area (Å²) in [5, 5.41) is 2.62. The molecular formula is C15H14N4O. The predicted octanol–water partition coefficient (Wildman–Crippen LogP) is 1.16. The van der Waals surface area contributed by atoms with Crippen LogP contribution in [0.5, 0.6) is 0 Å². The highest BCUT2D eigenvalue weighted by Gasteiger charge is 2.07. The van der Waals surface area contributed by atoms with Crippen LogP contribution in [0, 0.1) is 11.8 Å². The molecule has 0 aliphatic heterocycles. The lowest BCUT2D eigenvalue weighted by molar-refractivity contribution is -0.117. The van der Waals surface area contributed by atoms with E-state index in [9.17, 15) is 4.79 Å². The van der Waals surface area contributed by atoms with Crippen molar-refractivity contribution in [2.75, 3.05) is 5.32 Å². The van der Waals surface area contributed by atoms with Crippen molar-refractivity contribution in [2.45, 2.75) is 13.0 Å². The van der Waals surface area contributed by atoms with Crippen LogP contribution in [-0.2, 0) is 4.79 Å². The van der Waals surface area contributed by atoms with E-state index in [0.717, 1.165) is 5.56 Å². The molecular weight excluding hydrogens is 252 g/mol. The second-order valence-electron chi connectivity index (χ2n) is 4.18. The summed E-state index contributed by atoms with van der Waals surface area (Å²) >= 11 is 0. The number of hydrogen-bond acceptors (Lipinski definition) is 4. The molecule has 0 bridgehead atoms. The van der Waals surface area contributed by atoms with Gasteiger partial charge in [0, 0.05) is 18.0 Å². The van der Waals surface area contributed by atoms with Crippen LogP contribution in [0.3, 0.4) is 0 Å². The van der Waals surface area contributed by atoms with E-state index in [1.807, 2.05) is 12.1 Å². The Hall–Kier alpha value is -2.71. The highest BCUT2D eigenvalue weighted by atomic mass is 16.2. The van der Waals surface area contributed by atoms with Crippen molar-refractivity contribution in [1.82, 2.24) is 9.97 Å². The molecule has 5 nitrogen and oxygen atoms in total. The first-order valence-corrected chi connectivity index (χ1v) is 6.11. The fourth-order valence-corrected chi connectivity index (χ4v) is 1.39. The smallest absolute Gasteiger partial charge is 0.242 e. The largest absolute Gasteiger partial charge is 0.320 e. The first kappa shape index (κ1) is 13.7. The van der Waals surface area contributed by atoms with Crippen LogP contribution in [0.25, 0.3) is 0 Å². The van der Waals surface area contributed by atoms with E-state index < -0.39 is 6.04 Å². The highest BCUT2D eigenvalue weighted by Crippen LogP contribution is 2.04. The monoisotopic (exact) mass is 266 g/mol. The Kier molecular flexibility index (Phi) is 4.43. The van der Waals surface area contributed by atoms with Crippen LogP contribution in [0.2, 0.25) is 0 Å². The van der Waals surface area contributed by atoms with Gasteiger partial charge < -0.3 is 11.1 Å². The molecule has 1 amide bonds. The van der Waals surface area contributed by atoms with Crippen molar-refractivity contribution in [3.8, 4) is 11.8 Å². The summed E-state index contributed by atoms with van der Waals surface area (Å²) in [6, 6.07) is 8.33. The Morgan fingerprint density at radius 3 is 2.85 bits per heavy atom. The number of anilines is 1. The number of pyridine rings is 2. The summed E-state index contributed by atoms with van der Waals surface area (Å²) in [6.07, 6.45) is 3.36. The first-order chi connectivity index (χ1) is 9.65. The maximum Gasteiger partial charge on any atom is 0.242 e.